The lowest BCUT2D eigenvalue weighted by Gasteiger charge is -2.09. The van der Waals surface area contributed by atoms with Gasteiger partial charge < -0.3 is 5.32 Å². The summed E-state index contributed by atoms with van der Waals surface area (Å²) in [4.78, 5) is 10.7. The second-order valence-corrected chi connectivity index (χ2v) is 3.00. The predicted molar refractivity (Wildman–Crippen MR) is 52.3 cm³/mol. The van der Waals surface area contributed by atoms with E-state index in [-0.39, 0.29) is 12.2 Å². The van der Waals surface area contributed by atoms with Crippen LogP contribution in [0.1, 0.15) is 5.56 Å². The molecule has 0 heterocycles. The van der Waals surface area contributed by atoms with Gasteiger partial charge in [0.05, 0.1) is 12.1 Å². The van der Waals surface area contributed by atoms with Crippen LogP contribution in [0.3, 0.4) is 0 Å². The van der Waals surface area contributed by atoms with Crippen molar-refractivity contribution >= 4 is 11.6 Å². The zero-order valence-electron chi connectivity index (χ0n) is 8.14. The number of anilines is 1. The summed E-state index contributed by atoms with van der Waals surface area (Å²) in [5.41, 5.74) is 1.29. The van der Waals surface area contributed by atoms with Gasteiger partial charge in [-0.3, -0.25) is 10.2 Å². The molecule has 1 rings (SSSR count). The Kier molecular flexibility index (Phi) is 3.73. The van der Waals surface area contributed by atoms with E-state index in [0.29, 0.717) is 0 Å². The molecule has 0 saturated heterocycles. The normalized spacial score (nSPS) is 11.0. The number of carbonyl (C=O) groups excluding carboxylic acids is 1. The van der Waals surface area contributed by atoms with Crippen molar-refractivity contribution in [3.63, 3.8) is 0 Å². The molecule has 0 aliphatic carbocycles. The lowest BCUT2D eigenvalue weighted by Crippen LogP contribution is -2.35. The SMILES string of the molecule is NNC(=O)CNc1cccc(C(F)(F)F)c1. The second kappa shape index (κ2) is 4.84. The Morgan fingerprint density at radius 1 is 1.38 bits per heavy atom. The van der Waals surface area contributed by atoms with Gasteiger partial charge in [-0.05, 0) is 18.2 Å². The van der Waals surface area contributed by atoms with E-state index in [4.69, 9.17) is 5.84 Å². The van der Waals surface area contributed by atoms with Crippen LogP contribution >= 0.6 is 0 Å². The minimum Gasteiger partial charge on any atom is -0.376 e. The van der Waals surface area contributed by atoms with Gasteiger partial charge in [-0.15, -0.1) is 0 Å². The molecule has 88 valence electrons. The number of amides is 1. The third-order valence-electron chi connectivity index (χ3n) is 1.80. The average molecular weight is 233 g/mol. The fraction of sp³-hybridized carbons (Fsp3) is 0.222. The van der Waals surface area contributed by atoms with Crippen molar-refractivity contribution in [2.75, 3.05) is 11.9 Å². The Morgan fingerprint density at radius 2 is 2.06 bits per heavy atom. The Labute approximate surface area is 89.6 Å². The first-order chi connectivity index (χ1) is 7.43. The van der Waals surface area contributed by atoms with Crippen LogP contribution in [0.2, 0.25) is 0 Å². The zero-order valence-corrected chi connectivity index (χ0v) is 8.14. The fourth-order valence-corrected chi connectivity index (χ4v) is 1.04. The van der Waals surface area contributed by atoms with E-state index in [2.05, 4.69) is 5.32 Å². The molecular formula is C9H10F3N3O. The molecule has 0 radical (unpaired) electrons. The number of halogens is 3. The van der Waals surface area contributed by atoms with Crippen molar-refractivity contribution < 1.29 is 18.0 Å². The molecule has 7 heteroatoms. The molecule has 4 nitrogen and oxygen atoms in total. The molecule has 0 aromatic heterocycles. The molecule has 0 bridgehead atoms. The van der Waals surface area contributed by atoms with Gasteiger partial charge in [0.2, 0.25) is 0 Å². The summed E-state index contributed by atoms with van der Waals surface area (Å²) in [6.45, 7) is -0.183. The van der Waals surface area contributed by atoms with Crippen LogP contribution in [0.15, 0.2) is 24.3 Å². The number of benzene rings is 1. The van der Waals surface area contributed by atoms with E-state index in [9.17, 15) is 18.0 Å². The smallest absolute Gasteiger partial charge is 0.376 e. The van der Waals surface area contributed by atoms with Crippen LogP contribution in [0, 0.1) is 0 Å². The van der Waals surface area contributed by atoms with Gasteiger partial charge in [0.1, 0.15) is 0 Å². The van der Waals surface area contributed by atoms with Crippen molar-refractivity contribution in [2.45, 2.75) is 6.18 Å². The number of hydrogen-bond donors (Lipinski definition) is 3. The van der Waals surface area contributed by atoms with E-state index in [1.54, 1.807) is 0 Å². The van der Waals surface area contributed by atoms with Crippen LogP contribution in [-0.2, 0) is 11.0 Å². The van der Waals surface area contributed by atoms with Gasteiger partial charge in [-0.1, -0.05) is 6.07 Å². The highest BCUT2D eigenvalue weighted by Gasteiger charge is 2.30. The number of rotatable bonds is 3. The van der Waals surface area contributed by atoms with Crippen molar-refractivity contribution in [1.82, 2.24) is 5.43 Å². The van der Waals surface area contributed by atoms with E-state index in [1.807, 2.05) is 5.43 Å². The van der Waals surface area contributed by atoms with Crippen molar-refractivity contribution in [3.8, 4) is 0 Å². The first-order valence-corrected chi connectivity index (χ1v) is 4.34. The van der Waals surface area contributed by atoms with Crippen molar-refractivity contribution in [1.29, 1.82) is 0 Å². The molecular weight excluding hydrogens is 223 g/mol. The Bertz CT molecular complexity index is 379. The average Bonchev–Trinajstić information content (AvgIpc) is 2.25. The summed E-state index contributed by atoms with van der Waals surface area (Å²) in [7, 11) is 0. The van der Waals surface area contributed by atoms with Gasteiger partial charge in [0.25, 0.3) is 5.91 Å². The van der Waals surface area contributed by atoms with Crippen LogP contribution in [0.4, 0.5) is 18.9 Å². The van der Waals surface area contributed by atoms with Gasteiger partial charge in [0, 0.05) is 5.69 Å². The summed E-state index contributed by atoms with van der Waals surface area (Å²) in [6, 6.07) is 4.56. The molecule has 0 fully saturated rings. The summed E-state index contributed by atoms with van der Waals surface area (Å²) >= 11 is 0. The van der Waals surface area contributed by atoms with Crippen molar-refractivity contribution in [2.24, 2.45) is 5.84 Å². The number of hydrazine groups is 1. The van der Waals surface area contributed by atoms with E-state index < -0.39 is 17.6 Å². The fourth-order valence-electron chi connectivity index (χ4n) is 1.04. The summed E-state index contributed by atoms with van der Waals surface area (Å²) < 4.78 is 36.9. The van der Waals surface area contributed by atoms with Crippen LogP contribution in [0.25, 0.3) is 0 Å². The van der Waals surface area contributed by atoms with Gasteiger partial charge in [0.15, 0.2) is 0 Å². The lowest BCUT2D eigenvalue weighted by atomic mass is 10.2. The number of hydrogen-bond acceptors (Lipinski definition) is 3. The monoisotopic (exact) mass is 233 g/mol. The molecule has 0 atom stereocenters. The maximum atomic E-state index is 12.3. The maximum Gasteiger partial charge on any atom is 0.416 e. The summed E-state index contributed by atoms with van der Waals surface area (Å²) in [5, 5.41) is 2.52. The Balaban J connectivity index is 2.72. The zero-order chi connectivity index (χ0) is 12.2. The van der Waals surface area contributed by atoms with E-state index >= 15 is 0 Å². The molecule has 0 unspecified atom stereocenters. The molecule has 0 spiro atoms. The molecule has 1 amide bonds. The number of nitrogens with two attached hydrogens (primary N) is 1. The quantitative estimate of drug-likeness (QED) is 0.416. The molecule has 16 heavy (non-hydrogen) atoms. The molecule has 0 aliphatic heterocycles. The molecule has 0 aliphatic rings. The third-order valence-corrected chi connectivity index (χ3v) is 1.80. The number of carbonyl (C=O) groups is 1. The summed E-state index contributed by atoms with van der Waals surface area (Å²) in [5.74, 6) is 4.30. The van der Waals surface area contributed by atoms with Crippen LogP contribution in [0.5, 0.6) is 0 Å². The van der Waals surface area contributed by atoms with Crippen LogP contribution in [-0.4, -0.2) is 12.5 Å². The lowest BCUT2D eigenvalue weighted by molar-refractivity contribution is -0.137. The standard InChI is InChI=1S/C9H10F3N3O/c10-9(11,12)6-2-1-3-7(4-6)14-5-8(16)15-13/h1-4,14H,5,13H2,(H,15,16). The highest BCUT2D eigenvalue weighted by molar-refractivity contribution is 5.80. The highest BCUT2D eigenvalue weighted by atomic mass is 19.4. The van der Waals surface area contributed by atoms with E-state index in [1.165, 1.54) is 12.1 Å². The Morgan fingerprint density at radius 3 is 2.62 bits per heavy atom. The third kappa shape index (κ3) is 3.43. The minimum absolute atomic E-state index is 0.183. The van der Waals surface area contributed by atoms with Gasteiger partial charge in [-0.25, -0.2) is 5.84 Å². The first kappa shape index (κ1) is 12.3. The molecule has 1 aromatic carbocycles. The maximum absolute atomic E-state index is 12.3. The Hall–Kier alpha value is -1.76. The van der Waals surface area contributed by atoms with Crippen LogP contribution < -0.4 is 16.6 Å². The molecule has 0 saturated carbocycles. The predicted octanol–water partition coefficient (Wildman–Crippen LogP) is 1.11. The first-order valence-electron chi connectivity index (χ1n) is 4.34. The molecule has 1 aromatic rings. The van der Waals surface area contributed by atoms with Gasteiger partial charge >= 0.3 is 6.18 Å². The van der Waals surface area contributed by atoms with Gasteiger partial charge in [-0.2, -0.15) is 13.2 Å². The largest absolute Gasteiger partial charge is 0.416 e. The molecule has 4 N–H and O–H groups in total. The number of nitrogens with one attached hydrogen (secondary N) is 2. The highest BCUT2D eigenvalue weighted by Crippen LogP contribution is 2.30. The number of alkyl halides is 3. The van der Waals surface area contributed by atoms with E-state index in [0.717, 1.165) is 12.1 Å². The topological polar surface area (TPSA) is 67.1 Å². The summed E-state index contributed by atoms with van der Waals surface area (Å²) in [6.07, 6.45) is -4.40. The second-order valence-electron chi connectivity index (χ2n) is 3.00. The minimum atomic E-state index is -4.40. The van der Waals surface area contributed by atoms with Crippen molar-refractivity contribution in [3.05, 3.63) is 29.8 Å².